The zero-order valence-electron chi connectivity index (χ0n) is 10.4. The summed E-state index contributed by atoms with van der Waals surface area (Å²) in [6.45, 7) is 3.95. The molecule has 4 nitrogen and oxygen atoms in total. The number of H-pyrrole nitrogens is 1. The van der Waals surface area contributed by atoms with E-state index in [2.05, 4.69) is 10.3 Å². The molecule has 0 aliphatic carbocycles. The molecule has 1 aromatic carbocycles. The van der Waals surface area contributed by atoms with Crippen molar-refractivity contribution in [1.29, 1.82) is 0 Å². The number of hydrogen-bond acceptors (Lipinski definition) is 2. The van der Waals surface area contributed by atoms with Gasteiger partial charge in [0.15, 0.2) is 0 Å². The van der Waals surface area contributed by atoms with E-state index >= 15 is 0 Å². The molecule has 0 atom stereocenters. The van der Waals surface area contributed by atoms with Gasteiger partial charge in [0.2, 0.25) is 0 Å². The van der Waals surface area contributed by atoms with E-state index in [1.54, 1.807) is 18.3 Å². The monoisotopic (exact) mass is 244 g/mol. The number of rotatable bonds is 4. The van der Waals surface area contributed by atoms with Crippen molar-refractivity contribution in [2.75, 3.05) is 5.32 Å². The number of aromatic nitrogens is 1. The lowest BCUT2D eigenvalue weighted by Crippen LogP contribution is -2.12. The van der Waals surface area contributed by atoms with E-state index in [-0.39, 0.29) is 12.0 Å². The predicted molar refractivity (Wildman–Crippen MR) is 71.0 cm³/mol. The van der Waals surface area contributed by atoms with E-state index in [0.29, 0.717) is 5.69 Å². The second kappa shape index (κ2) is 5.40. The Morgan fingerprint density at radius 1 is 1.22 bits per heavy atom. The molecule has 94 valence electrons. The standard InChI is InChI=1S/C14H16N2O2/c1-10(2)18-12-7-5-11(6-8-12)16-14(17)13-4-3-9-15-13/h3-10,15H,1-2H3,(H,16,17). The van der Waals surface area contributed by atoms with Crippen LogP contribution in [-0.2, 0) is 0 Å². The van der Waals surface area contributed by atoms with E-state index in [9.17, 15) is 4.79 Å². The van der Waals surface area contributed by atoms with Crippen molar-refractivity contribution in [2.45, 2.75) is 20.0 Å². The highest BCUT2D eigenvalue weighted by atomic mass is 16.5. The summed E-state index contributed by atoms with van der Waals surface area (Å²) in [4.78, 5) is 14.6. The molecule has 0 fully saturated rings. The number of ether oxygens (including phenoxy) is 1. The molecule has 0 bridgehead atoms. The van der Waals surface area contributed by atoms with Crippen LogP contribution in [0.4, 0.5) is 5.69 Å². The Morgan fingerprint density at radius 2 is 1.94 bits per heavy atom. The van der Waals surface area contributed by atoms with E-state index in [1.165, 1.54) is 0 Å². The van der Waals surface area contributed by atoms with Gasteiger partial charge in [-0.05, 0) is 50.2 Å². The lowest BCUT2D eigenvalue weighted by molar-refractivity contribution is 0.102. The quantitative estimate of drug-likeness (QED) is 0.868. The van der Waals surface area contributed by atoms with Crippen molar-refractivity contribution in [1.82, 2.24) is 4.98 Å². The van der Waals surface area contributed by atoms with Gasteiger partial charge < -0.3 is 15.0 Å². The van der Waals surface area contributed by atoms with Gasteiger partial charge in [0.05, 0.1) is 6.10 Å². The molecule has 0 saturated carbocycles. The predicted octanol–water partition coefficient (Wildman–Crippen LogP) is 3.05. The average molecular weight is 244 g/mol. The summed E-state index contributed by atoms with van der Waals surface area (Å²) in [7, 11) is 0. The fraction of sp³-hybridized carbons (Fsp3) is 0.214. The molecule has 0 aliphatic heterocycles. The van der Waals surface area contributed by atoms with Gasteiger partial charge in [0.1, 0.15) is 11.4 Å². The van der Waals surface area contributed by atoms with Gasteiger partial charge in [-0.2, -0.15) is 0 Å². The van der Waals surface area contributed by atoms with Crippen LogP contribution in [0.2, 0.25) is 0 Å². The normalized spacial score (nSPS) is 10.4. The van der Waals surface area contributed by atoms with Crippen molar-refractivity contribution < 1.29 is 9.53 Å². The summed E-state index contributed by atoms with van der Waals surface area (Å²) in [5, 5.41) is 2.80. The molecule has 4 heteroatoms. The molecule has 1 amide bonds. The smallest absolute Gasteiger partial charge is 0.272 e. The van der Waals surface area contributed by atoms with Gasteiger partial charge in [-0.1, -0.05) is 0 Å². The minimum Gasteiger partial charge on any atom is -0.491 e. The highest BCUT2D eigenvalue weighted by Gasteiger charge is 2.06. The van der Waals surface area contributed by atoms with E-state index in [1.807, 2.05) is 38.1 Å². The van der Waals surface area contributed by atoms with Crippen LogP contribution in [-0.4, -0.2) is 17.0 Å². The number of amides is 1. The molecule has 2 N–H and O–H groups in total. The van der Waals surface area contributed by atoms with E-state index < -0.39 is 0 Å². The molecule has 2 aromatic rings. The zero-order valence-corrected chi connectivity index (χ0v) is 10.4. The summed E-state index contributed by atoms with van der Waals surface area (Å²) in [6, 6.07) is 10.8. The van der Waals surface area contributed by atoms with Crippen molar-refractivity contribution in [3.05, 3.63) is 48.3 Å². The fourth-order valence-corrected chi connectivity index (χ4v) is 1.56. The van der Waals surface area contributed by atoms with Crippen LogP contribution < -0.4 is 10.1 Å². The molecule has 0 unspecified atom stereocenters. The second-order valence-corrected chi connectivity index (χ2v) is 4.23. The van der Waals surface area contributed by atoms with Gasteiger partial charge in [0.25, 0.3) is 5.91 Å². The third-order valence-electron chi connectivity index (χ3n) is 2.33. The maximum absolute atomic E-state index is 11.8. The summed E-state index contributed by atoms with van der Waals surface area (Å²) in [6.07, 6.45) is 1.86. The molecular formula is C14H16N2O2. The molecule has 18 heavy (non-hydrogen) atoms. The molecule has 1 aromatic heterocycles. The minimum atomic E-state index is -0.155. The highest BCUT2D eigenvalue weighted by Crippen LogP contribution is 2.17. The number of carbonyl (C=O) groups excluding carboxylic acids is 1. The topological polar surface area (TPSA) is 54.1 Å². The summed E-state index contributed by atoms with van der Waals surface area (Å²) < 4.78 is 5.53. The zero-order chi connectivity index (χ0) is 13.0. The average Bonchev–Trinajstić information content (AvgIpc) is 2.84. The Morgan fingerprint density at radius 3 is 2.50 bits per heavy atom. The molecule has 0 aliphatic rings. The first-order valence-corrected chi connectivity index (χ1v) is 5.86. The lowest BCUT2D eigenvalue weighted by atomic mass is 10.3. The number of benzene rings is 1. The van der Waals surface area contributed by atoms with Gasteiger partial charge >= 0.3 is 0 Å². The maximum atomic E-state index is 11.8. The highest BCUT2D eigenvalue weighted by molar-refractivity contribution is 6.02. The second-order valence-electron chi connectivity index (χ2n) is 4.23. The van der Waals surface area contributed by atoms with Crippen LogP contribution in [0.3, 0.4) is 0 Å². The Kier molecular flexibility index (Phi) is 3.67. The lowest BCUT2D eigenvalue weighted by Gasteiger charge is -2.10. The Labute approximate surface area is 106 Å². The van der Waals surface area contributed by atoms with Crippen LogP contribution in [0.5, 0.6) is 5.75 Å². The Balaban J connectivity index is 2.00. The van der Waals surface area contributed by atoms with Crippen molar-refractivity contribution >= 4 is 11.6 Å². The summed E-state index contributed by atoms with van der Waals surface area (Å²) >= 11 is 0. The number of anilines is 1. The maximum Gasteiger partial charge on any atom is 0.272 e. The van der Waals surface area contributed by atoms with Crippen LogP contribution in [0, 0.1) is 0 Å². The van der Waals surface area contributed by atoms with E-state index in [4.69, 9.17) is 4.74 Å². The van der Waals surface area contributed by atoms with Gasteiger partial charge in [0, 0.05) is 11.9 Å². The first-order chi connectivity index (χ1) is 8.65. The van der Waals surface area contributed by atoms with Crippen molar-refractivity contribution in [3.8, 4) is 5.75 Å². The SMILES string of the molecule is CC(C)Oc1ccc(NC(=O)c2ccc[nH]2)cc1. The first kappa shape index (κ1) is 12.2. The molecule has 0 radical (unpaired) electrons. The molecular weight excluding hydrogens is 228 g/mol. The Hall–Kier alpha value is -2.23. The Bertz CT molecular complexity index is 501. The van der Waals surface area contributed by atoms with Gasteiger partial charge in [-0.25, -0.2) is 0 Å². The molecule has 2 rings (SSSR count). The molecule has 0 spiro atoms. The van der Waals surface area contributed by atoms with Crippen LogP contribution in [0.1, 0.15) is 24.3 Å². The van der Waals surface area contributed by atoms with Crippen LogP contribution in [0.25, 0.3) is 0 Å². The summed E-state index contributed by atoms with van der Waals surface area (Å²) in [5.41, 5.74) is 1.28. The van der Waals surface area contributed by atoms with E-state index in [0.717, 1.165) is 11.4 Å². The van der Waals surface area contributed by atoms with Crippen LogP contribution >= 0.6 is 0 Å². The van der Waals surface area contributed by atoms with Crippen molar-refractivity contribution in [2.24, 2.45) is 0 Å². The van der Waals surface area contributed by atoms with Crippen LogP contribution in [0.15, 0.2) is 42.6 Å². The largest absolute Gasteiger partial charge is 0.491 e. The molecule has 0 saturated heterocycles. The number of hydrogen-bond donors (Lipinski definition) is 2. The summed E-state index contributed by atoms with van der Waals surface area (Å²) in [5.74, 6) is 0.639. The van der Waals surface area contributed by atoms with Crippen molar-refractivity contribution in [3.63, 3.8) is 0 Å². The van der Waals surface area contributed by atoms with Gasteiger partial charge in [-0.15, -0.1) is 0 Å². The molecule has 1 heterocycles. The fourth-order valence-electron chi connectivity index (χ4n) is 1.56. The third kappa shape index (κ3) is 3.13. The number of carbonyl (C=O) groups is 1. The third-order valence-corrected chi connectivity index (χ3v) is 2.33. The van der Waals surface area contributed by atoms with Gasteiger partial charge in [-0.3, -0.25) is 4.79 Å². The minimum absolute atomic E-state index is 0.143. The number of aromatic amines is 1. The first-order valence-electron chi connectivity index (χ1n) is 5.86. The number of nitrogens with one attached hydrogen (secondary N) is 2.